The number of aromatic nitrogens is 1. The number of carboxylic acid groups (broad SMARTS) is 1. The van der Waals surface area contributed by atoms with Gasteiger partial charge in [0.05, 0.1) is 17.5 Å². The molecular formula is C9H12N2O4S. The average Bonchev–Trinajstić information content (AvgIpc) is 2.64. The van der Waals surface area contributed by atoms with Crippen molar-refractivity contribution >= 4 is 23.2 Å². The molecule has 0 radical (unpaired) electrons. The second-order valence-electron chi connectivity index (χ2n) is 3.62. The van der Waals surface area contributed by atoms with Crippen LogP contribution in [0.2, 0.25) is 0 Å². The molecule has 0 aliphatic carbocycles. The third-order valence-electron chi connectivity index (χ3n) is 1.83. The van der Waals surface area contributed by atoms with Crippen molar-refractivity contribution in [3.05, 3.63) is 16.6 Å². The zero-order chi connectivity index (χ0) is 12.2. The molecule has 1 unspecified atom stereocenters. The number of thiazole rings is 1. The molecule has 7 heteroatoms. The first kappa shape index (κ1) is 12.6. The van der Waals surface area contributed by atoms with Crippen LogP contribution in [0.25, 0.3) is 0 Å². The smallest absolute Gasteiger partial charge is 0.306 e. The molecule has 88 valence electrons. The van der Waals surface area contributed by atoms with Gasteiger partial charge in [0.1, 0.15) is 5.69 Å². The molecule has 3 N–H and O–H groups in total. The third-order valence-corrected chi connectivity index (χ3v) is 2.41. The number of nitrogens with zero attached hydrogens (tertiary/aromatic N) is 1. The van der Waals surface area contributed by atoms with Crippen molar-refractivity contribution in [2.45, 2.75) is 18.9 Å². The average molecular weight is 244 g/mol. The van der Waals surface area contributed by atoms with Crippen molar-refractivity contribution in [3.63, 3.8) is 0 Å². The number of aliphatic carboxylic acids is 1. The number of hydrogen-bond acceptors (Lipinski definition) is 5. The van der Waals surface area contributed by atoms with Crippen molar-refractivity contribution in [2.24, 2.45) is 0 Å². The largest absolute Gasteiger partial charge is 0.481 e. The molecule has 0 fully saturated rings. The first-order chi connectivity index (χ1) is 7.41. The molecule has 0 bridgehead atoms. The van der Waals surface area contributed by atoms with E-state index in [0.29, 0.717) is 0 Å². The second-order valence-corrected chi connectivity index (χ2v) is 4.34. The molecule has 0 saturated heterocycles. The lowest BCUT2D eigenvalue weighted by atomic mass is 10.0. The number of rotatable bonds is 5. The topological polar surface area (TPSA) is 99.5 Å². The molecule has 0 aromatic carbocycles. The van der Waals surface area contributed by atoms with E-state index in [2.05, 4.69) is 10.3 Å². The van der Waals surface area contributed by atoms with E-state index in [1.807, 2.05) is 0 Å². The molecule has 0 aliphatic heterocycles. The summed E-state index contributed by atoms with van der Waals surface area (Å²) in [5, 5.41) is 22.1. The summed E-state index contributed by atoms with van der Waals surface area (Å²) < 4.78 is 0. The van der Waals surface area contributed by atoms with Gasteiger partial charge in [0.25, 0.3) is 5.91 Å². The number of carbonyl (C=O) groups excluding carboxylic acids is 1. The van der Waals surface area contributed by atoms with Crippen LogP contribution >= 0.6 is 11.3 Å². The predicted octanol–water partition coefficient (Wildman–Crippen LogP) is 0.0986. The van der Waals surface area contributed by atoms with E-state index in [1.165, 1.54) is 23.8 Å². The highest BCUT2D eigenvalue weighted by molar-refractivity contribution is 7.07. The Morgan fingerprint density at radius 3 is 2.81 bits per heavy atom. The van der Waals surface area contributed by atoms with Crippen molar-refractivity contribution in [2.75, 3.05) is 6.54 Å². The Balaban J connectivity index is 2.45. The van der Waals surface area contributed by atoms with Gasteiger partial charge in [0, 0.05) is 11.9 Å². The molecule has 16 heavy (non-hydrogen) atoms. The molecule has 1 aromatic rings. The molecule has 1 aromatic heterocycles. The summed E-state index contributed by atoms with van der Waals surface area (Å²) in [5.41, 5.74) is 0.318. The summed E-state index contributed by atoms with van der Waals surface area (Å²) in [4.78, 5) is 25.6. The SMILES string of the molecule is CC(O)(CNC(=O)c1cscn1)CC(=O)O. The minimum atomic E-state index is -1.46. The van der Waals surface area contributed by atoms with Gasteiger partial charge in [-0.25, -0.2) is 4.98 Å². The molecule has 1 atom stereocenters. The molecule has 1 heterocycles. The normalized spacial score (nSPS) is 14.1. The Hall–Kier alpha value is -1.47. The minimum Gasteiger partial charge on any atom is -0.481 e. The zero-order valence-corrected chi connectivity index (χ0v) is 9.45. The lowest BCUT2D eigenvalue weighted by Crippen LogP contribution is -2.42. The van der Waals surface area contributed by atoms with Gasteiger partial charge in [-0.05, 0) is 6.92 Å². The lowest BCUT2D eigenvalue weighted by molar-refractivity contribution is -0.141. The fraction of sp³-hybridized carbons (Fsp3) is 0.444. The molecule has 0 spiro atoms. The van der Waals surface area contributed by atoms with E-state index in [0.717, 1.165) is 0 Å². The van der Waals surface area contributed by atoms with Crippen LogP contribution in [-0.4, -0.2) is 39.2 Å². The van der Waals surface area contributed by atoms with E-state index in [-0.39, 0.29) is 12.2 Å². The number of amides is 1. The molecular weight excluding hydrogens is 232 g/mol. The minimum absolute atomic E-state index is 0.129. The highest BCUT2D eigenvalue weighted by Crippen LogP contribution is 2.08. The van der Waals surface area contributed by atoms with Crippen molar-refractivity contribution < 1.29 is 19.8 Å². The Bertz CT molecular complexity index is 375. The maximum atomic E-state index is 11.4. The summed E-state index contributed by atoms with van der Waals surface area (Å²) in [6.45, 7) is 1.22. The number of carboxylic acids is 1. The van der Waals surface area contributed by atoms with Crippen LogP contribution in [0, 0.1) is 0 Å². The van der Waals surface area contributed by atoms with Crippen LogP contribution in [0.5, 0.6) is 0 Å². The van der Waals surface area contributed by atoms with Crippen LogP contribution in [0.15, 0.2) is 10.9 Å². The van der Waals surface area contributed by atoms with E-state index in [4.69, 9.17) is 5.11 Å². The second kappa shape index (κ2) is 5.04. The first-order valence-corrected chi connectivity index (χ1v) is 5.45. The van der Waals surface area contributed by atoms with Crippen LogP contribution in [-0.2, 0) is 4.79 Å². The summed E-state index contributed by atoms with van der Waals surface area (Å²) >= 11 is 1.28. The predicted molar refractivity (Wildman–Crippen MR) is 57.3 cm³/mol. The monoisotopic (exact) mass is 244 g/mol. The van der Waals surface area contributed by atoms with Crippen LogP contribution < -0.4 is 5.32 Å². The molecule has 1 rings (SSSR count). The number of nitrogens with one attached hydrogen (secondary N) is 1. The van der Waals surface area contributed by atoms with Crippen molar-refractivity contribution in [1.29, 1.82) is 0 Å². The van der Waals surface area contributed by atoms with Gasteiger partial charge >= 0.3 is 5.97 Å². The van der Waals surface area contributed by atoms with Crippen LogP contribution in [0.1, 0.15) is 23.8 Å². The third kappa shape index (κ3) is 3.95. The number of carbonyl (C=O) groups is 2. The number of aliphatic hydroxyl groups is 1. The van der Waals surface area contributed by atoms with Gasteiger partial charge in [-0.15, -0.1) is 11.3 Å². The van der Waals surface area contributed by atoms with Gasteiger partial charge in [-0.1, -0.05) is 0 Å². The van der Waals surface area contributed by atoms with E-state index >= 15 is 0 Å². The maximum absolute atomic E-state index is 11.4. The summed E-state index contributed by atoms with van der Waals surface area (Å²) in [5.74, 6) is -1.54. The van der Waals surface area contributed by atoms with Crippen molar-refractivity contribution in [1.82, 2.24) is 10.3 Å². The van der Waals surface area contributed by atoms with Crippen LogP contribution in [0.3, 0.4) is 0 Å². The Morgan fingerprint density at radius 1 is 1.62 bits per heavy atom. The van der Waals surface area contributed by atoms with Crippen molar-refractivity contribution in [3.8, 4) is 0 Å². The highest BCUT2D eigenvalue weighted by Gasteiger charge is 2.25. The molecule has 0 aliphatic rings. The Morgan fingerprint density at radius 2 is 2.31 bits per heavy atom. The molecule has 0 saturated carbocycles. The Labute approximate surface area is 95.9 Å². The lowest BCUT2D eigenvalue weighted by Gasteiger charge is -2.20. The molecule has 6 nitrogen and oxygen atoms in total. The van der Waals surface area contributed by atoms with Gasteiger partial charge in [0.15, 0.2) is 0 Å². The van der Waals surface area contributed by atoms with Gasteiger partial charge in [-0.2, -0.15) is 0 Å². The Kier molecular flexibility index (Phi) is 3.97. The summed E-state index contributed by atoms with van der Waals surface area (Å²) in [6, 6.07) is 0. The standard InChI is InChI=1S/C9H12N2O4S/c1-9(15,2-7(12)13)4-10-8(14)6-3-16-5-11-6/h3,5,15H,2,4H2,1H3,(H,10,14)(H,12,13). The van der Waals surface area contributed by atoms with Gasteiger partial charge < -0.3 is 15.5 Å². The van der Waals surface area contributed by atoms with Gasteiger partial charge in [-0.3, -0.25) is 9.59 Å². The maximum Gasteiger partial charge on any atom is 0.306 e. The summed E-state index contributed by atoms with van der Waals surface area (Å²) in [7, 11) is 0. The van der Waals surface area contributed by atoms with Gasteiger partial charge in [0.2, 0.25) is 0 Å². The van der Waals surface area contributed by atoms with E-state index in [1.54, 1.807) is 5.38 Å². The van der Waals surface area contributed by atoms with E-state index < -0.39 is 23.9 Å². The highest BCUT2D eigenvalue weighted by atomic mass is 32.1. The van der Waals surface area contributed by atoms with E-state index in [9.17, 15) is 14.7 Å². The summed E-state index contributed by atoms with van der Waals surface area (Å²) in [6.07, 6.45) is -0.426. The fourth-order valence-corrected chi connectivity index (χ4v) is 1.61. The number of hydrogen-bond donors (Lipinski definition) is 3. The molecule has 1 amide bonds. The quantitative estimate of drug-likeness (QED) is 0.682. The fourth-order valence-electron chi connectivity index (χ4n) is 1.07. The first-order valence-electron chi connectivity index (χ1n) is 4.51. The zero-order valence-electron chi connectivity index (χ0n) is 8.64. The van der Waals surface area contributed by atoms with Crippen LogP contribution in [0.4, 0.5) is 0 Å².